The van der Waals surface area contributed by atoms with Crippen LogP contribution in [0.25, 0.3) is 0 Å². The SMILES string of the molecule is COC(=O)[C@@H]1[C@@H](C(C)C)N1S(=O)c1ccc(C)cc1. The van der Waals surface area contributed by atoms with Crippen LogP contribution in [0, 0.1) is 12.8 Å². The summed E-state index contributed by atoms with van der Waals surface area (Å²) in [6.07, 6.45) is 0. The summed E-state index contributed by atoms with van der Waals surface area (Å²) in [7, 11) is 0.0634. The normalized spacial score (nSPS) is 27.1. The summed E-state index contributed by atoms with van der Waals surface area (Å²) >= 11 is 0. The van der Waals surface area contributed by atoms with E-state index in [9.17, 15) is 9.00 Å². The van der Waals surface area contributed by atoms with E-state index in [0.29, 0.717) is 0 Å². The fourth-order valence-corrected chi connectivity index (χ4v) is 3.80. The van der Waals surface area contributed by atoms with Crippen molar-refractivity contribution in [2.75, 3.05) is 7.11 Å². The van der Waals surface area contributed by atoms with Crippen LogP contribution in [-0.4, -0.2) is 33.7 Å². The third-order valence-corrected chi connectivity index (χ3v) is 4.87. The van der Waals surface area contributed by atoms with Gasteiger partial charge in [-0.1, -0.05) is 31.5 Å². The number of methoxy groups -OCH3 is 1. The number of nitrogens with zero attached hydrogens (tertiary/aromatic N) is 1. The van der Waals surface area contributed by atoms with Crippen molar-refractivity contribution in [3.63, 3.8) is 0 Å². The van der Waals surface area contributed by atoms with Gasteiger partial charge in [0.25, 0.3) is 0 Å². The molecule has 1 aliphatic heterocycles. The minimum atomic E-state index is -1.30. The number of esters is 1. The minimum Gasteiger partial charge on any atom is -0.468 e. The van der Waals surface area contributed by atoms with Crippen molar-refractivity contribution in [3.05, 3.63) is 29.8 Å². The molecule has 0 N–H and O–H groups in total. The zero-order valence-corrected chi connectivity index (χ0v) is 12.4. The first kappa shape index (κ1) is 14.2. The monoisotopic (exact) mass is 281 g/mol. The summed E-state index contributed by atoms with van der Waals surface area (Å²) < 4.78 is 19.0. The zero-order valence-electron chi connectivity index (χ0n) is 11.6. The van der Waals surface area contributed by atoms with E-state index in [4.69, 9.17) is 4.74 Å². The van der Waals surface area contributed by atoms with Crippen molar-refractivity contribution < 1.29 is 13.7 Å². The summed E-state index contributed by atoms with van der Waals surface area (Å²) in [5, 5.41) is 0. The lowest BCUT2D eigenvalue weighted by Gasteiger charge is -2.06. The molecule has 2 unspecified atom stereocenters. The Hall–Kier alpha value is -1.20. The first-order valence-electron chi connectivity index (χ1n) is 6.32. The summed E-state index contributed by atoms with van der Waals surface area (Å²) in [5.74, 6) is -0.0438. The molecular formula is C14H19NO3S. The Bertz CT molecular complexity index is 498. The van der Waals surface area contributed by atoms with Gasteiger partial charge in [-0.25, -0.2) is 4.21 Å². The van der Waals surface area contributed by atoms with Gasteiger partial charge in [0.05, 0.1) is 18.0 Å². The molecule has 1 saturated heterocycles. The number of rotatable bonds is 4. The van der Waals surface area contributed by atoms with E-state index in [-0.39, 0.29) is 24.0 Å². The van der Waals surface area contributed by atoms with Crippen molar-refractivity contribution in [1.29, 1.82) is 0 Å². The van der Waals surface area contributed by atoms with Crippen molar-refractivity contribution in [3.8, 4) is 0 Å². The quantitative estimate of drug-likeness (QED) is 0.625. The number of hydrogen-bond donors (Lipinski definition) is 0. The third-order valence-electron chi connectivity index (χ3n) is 3.34. The number of carbonyl (C=O) groups excluding carboxylic acids is 1. The Labute approximate surface area is 116 Å². The fourth-order valence-electron chi connectivity index (χ4n) is 2.24. The van der Waals surface area contributed by atoms with Crippen LogP contribution in [0.1, 0.15) is 19.4 Å². The van der Waals surface area contributed by atoms with Crippen LogP contribution in [0.2, 0.25) is 0 Å². The minimum absolute atomic E-state index is 0.00501. The van der Waals surface area contributed by atoms with Crippen molar-refractivity contribution in [1.82, 2.24) is 4.31 Å². The Morgan fingerprint density at radius 2 is 1.89 bits per heavy atom. The van der Waals surface area contributed by atoms with E-state index < -0.39 is 11.0 Å². The molecule has 1 aromatic rings. The molecule has 0 aliphatic carbocycles. The van der Waals surface area contributed by atoms with Gasteiger partial charge in [0.1, 0.15) is 17.0 Å². The number of carbonyl (C=O) groups is 1. The molecule has 0 amide bonds. The average Bonchev–Trinajstić information content (AvgIpc) is 3.13. The van der Waals surface area contributed by atoms with Crippen LogP contribution in [0.15, 0.2) is 29.2 Å². The van der Waals surface area contributed by atoms with Gasteiger partial charge in [0.2, 0.25) is 0 Å². The molecule has 0 saturated carbocycles. The highest BCUT2D eigenvalue weighted by molar-refractivity contribution is 7.83. The Morgan fingerprint density at radius 1 is 1.32 bits per heavy atom. The van der Waals surface area contributed by atoms with Gasteiger partial charge in [-0.2, -0.15) is 4.31 Å². The summed E-state index contributed by atoms with van der Waals surface area (Å²) in [4.78, 5) is 12.4. The van der Waals surface area contributed by atoms with Crippen molar-refractivity contribution in [2.45, 2.75) is 37.8 Å². The van der Waals surface area contributed by atoms with Gasteiger partial charge in [-0.3, -0.25) is 4.79 Å². The summed E-state index contributed by atoms with van der Waals surface area (Å²) in [6, 6.07) is 7.15. The van der Waals surface area contributed by atoms with Gasteiger partial charge in [-0.05, 0) is 25.0 Å². The topological polar surface area (TPSA) is 46.4 Å². The van der Waals surface area contributed by atoms with Crippen LogP contribution in [0.5, 0.6) is 0 Å². The second-order valence-electron chi connectivity index (χ2n) is 5.12. The Kier molecular flexibility index (Phi) is 4.06. The Balaban J connectivity index is 2.19. The predicted octanol–water partition coefficient (Wildman–Crippen LogP) is 1.90. The van der Waals surface area contributed by atoms with E-state index in [1.807, 2.05) is 45.0 Å². The highest BCUT2D eigenvalue weighted by atomic mass is 32.2. The molecule has 1 aromatic carbocycles. The lowest BCUT2D eigenvalue weighted by Crippen LogP contribution is -2.16. The lowest BCUT2D eigenvalue weighted by atomic mass is 10.1. The largest absolute Gasteiger partial charge is 0.468 e. The molecule has 0 bridgehead atoms. The van der Waals surface area contributed by atoms with Crippen LogP contribution in [0.4, 0.5) is 0 Å². The molecule has 1 heterocycles. The Morgan fingerprint density at radius 3 is 2.37 bits per heavy atom. The van der Waals surface area contributed by atoms with Crippen molar-refractivity contribution in [2.24, 2.45) is 5.92 Å². The lowest BCUT2D eigenvalue weighted by molar-refractivity contribution is -0.140. The molecule has 1 fully saturated rings. The van der Waals surface area contributed by atoms with Crippen molar-refractivity contribution >= 4 is 17.0 Å². The third kappa shape index (κ3) is 2.72. The number of benzene rings is 1. The molecule has 2 rings (SSSR count). The maximum atomic E-state index is 12.5. The first-order chi connectivity index (χ1) is 8.97. The maximum absolute atomic E-state index is 12.5. The average molecular weight is 281 g/mol. The molecule has 5 heteroatoms. The van der Waals surface area contributed by atoms with Gasteiger partial charge in [-0.15, -0.1) is 0 Å². The van der Waals surface area contributed by atoms with E-state index in [1.54, 1.807) is 4.31 Å². The second-order valence-corrected chi connectivity index (χ2v) is 6.52. The maximum Gasteiger partial charge on any atom is 0.325 e. The number of aryl methyl sites for hydroxylation is 1. The fraction of sp³-hybridized carbons (Fsp3) is 0.500. The molecule has 104 valence electrons. The highest BCUT2D eigenvalue weighted by Gasteiger charge is 2.58. The van der Waals surface area contributed by atoms with E-state index in [2.05, 4.69) is 0 Å². The molecule has 0 spiro atoms. The number of hydrogen-bond acceptors (Lipinski definition) is 3. The van der Waals surface area contributed by atoms with E-state index in [1.165, 1.54) is 7.11 Å². The summed E-state index contributed by atoms with van der Waals surface area (Å²) in [5.41, 5.74) is 1.12. The van der Waals surface area contributed by atoms with Crippen LogP contribution < -0.4 is 0 Å². The molecule has 19 heavy (non-hydrogen) atoms. The van der Waals surface area contributed by atoms with Gasteiger partial charge >= 0.3 is 5.97 Å². The van der Waals surface area contributed by atoms with Gasteiger partial charge in [0.15, 0.2) is 0 Å². The smallest absolute Gasteiger partial charge is 0.325 e. The molecule has 1 aliphatic rings. The number of ether oxygens (including phenoxy) is 1. The van der Waals surface area contributed by atoms with Gasteiger partial charge in [0, 0.05) is 0 Å². The van der Waals surface area contributed by atoms with E-state index >= 15 is 0 Å². The summed E-state index contributed by atoms with van der Waals surface area (Å²) in [6.45, 7) is 6.03. The molecule has 4 nitrogen and oxygen atoms in total. The highest BCUT2D eigenvalue weighted by Crippen LogP contribution is 2.38. The van der Waals surface area contributed by atoms with Crippen LogP contribution in [0.3, 0.4) is 0 Å². The second kappa shape index (κ2) is 5.43. The molecule has 0 radical (unpaired) electrons. The molecule has 0 aromatic heterocycles. The van der Waals surface area contributed by atoms with Crippen LogP contribution in [-0.2, 0) is 20.5 Å². The van der Waals surface area contributed by atoms with E-state index in [0.717, 1.165) is 10.5 Å². The molecule has 4 atom stereocenters. The predicted molar refractivity (Wildman–Crippen MR) is 73.9 cm³/mol. The zero-order chi connectivity index (χ0) is 14.2. The standard InChI is InChI=1S/C14H19NO3S/c1-9(2)12-13(14(16)18-4)15(12)19(17)11-7-5-10(3)6-8-11/h5-9,12-13H,1-4H3/t12-,13+,15?,19?/m1/s1. The first-order valence-corrected chi connectivity index (χ1v) is 7.42. The molecular weight excluding hydrogens is 262 g/mol. The van der Waals surface area contributed by atoms with Gasteiger partial charge < -0.3 is 4.74 Å². The van der Waals surface area contributed by atoms with Crippen LogP contribution >= 0.6 is 0 Å².